The number of hydrogen-bond donors (Lipinski definition) is 1. The highest BCUT2D eigenvalue weighted by Crippen LogP contribution is 2.22. The number of aliphatic imine (C=N–C) groups is 1. The number of rotatable bonds is 3. The number of hydrogen-bond acceptors (Lipinski definition) is 3. The molecule has 0 atom stereocenters. The lowest BCUT2D eigenvalue weighted by Gasteiger charge is -2.27. The number of benzene rings is 1. The molecular formula is C16H20IN3OS. The Morgan fingerprint density at radius 1 is 1.14 bits per heavy atom. The Morgan fingerprint density at radius 3 is 2.59 bits per heavy atom. The Labute approximate surface area is 152 Å². The Hall–Kier alpha value is -1.15. The lowest BCUT2D eigenvalue weighted by Crippen LogP contribution is -2.42. The Balaban J connectivity index is 0.00000176. The van der Waals surface area contributed by atoms with Crippen LogP contribution >= 0.6 is 35.7 Å². The average molecular weight is 429 g/mol. The lowest BCUT2D eigenvalue weighted by molar-refractivity contribution is 0.453. The molecule has 2 N–H and O–H groups in total. The van der Waals surface area contributed by atoms with E-state index in [2.05, 4.69) is 9.89 Å². The summed E-state index contributed by atoms with van der Waals surface area (Å²) in [6.07, 6.45) is 0. The van der Waals surface area contributed by atoms with E-state index in [4.69, 9.17) is 10.2 Å². The third kappa shape index (κ3) is 4.42. The van der Waals surface area contributed by atoms with E-state index in [-0.39, 0.29) is 24.0 Å². The molecule has 1 fully saturated rings. The van der Waals surface area contributed by atoms with Crippen LogP contribution < -0.4 is 5.73 Å². The number of furan rings is 1. The van der Waals surface area contributed by atoms with Crippen LogP contribution in [0.2, 0.25) is 0 Å². The molecule has 118 valence electrons. The topological polar surface area (TPSA) is 54.8 Å². The summed E-state index contributed by atoms with van der Waals surface area (Å²) < 4.78 is 5.82. The largest absolute Gasteiger partial charge is 0.459 e. The van der Waals surface area contributed by atoms with Crippen molar-refractivity contribution in [2.75, 3.05) is 24.6 Å². The van der Waals surface area contributed by atoms with E-state index in [0.29, 0.717) is 12.5 Å². The minimum atomic E-state index is 0. The van der Waals surface area contributed by atoms with Gasteiger partial charge in [0, 0.05) is 30.2 Å². The molecular weight excluding hydrogens is 409 g/mol. The van der Waals surface area contributed by atoms with Gasteiger partial charge in [0.1, 0.15) is 18.1 Å². The second kappa shape index (κ2) is 8.47. The van der Waals surface area contributed by atoms with Crippen LogP contribution in [-0.4, -0.2) is 35.5 Å². The molecule has 22 heavy (non-hydrogen) atoms. The summed E-state index contributed by atoms with van der Waals surface area (Å²) in [6, 6.07) is 14.0. The highest BCUT2D eigenvalue weighted by atomic mass is 127. The van der Waals surface area contributed by atoms with Crippen LogP contribution in [0.15, 0.2) is 51.9 Å². The molecule has 1 aliphatic rings. The molecule has 0 radical (unpaired) electrons. The molecule has 0 aliphatic carbocycles. The third-order valence-electron chi connectivity index (χ3n) is 3.45. The molecule has 2 aromatic rings. The first-order valence-electron chi connectivity index (χ1n) is 7.10. The van der Waals surface area contributed by atoms with Gasteiger partial charge in [-0.2, -0.15) is 11.8 Å². The predicted molar refractivity (Wildman–Crippen MR) is 104 cm³/mol. The normalized spacial score (nSPS) is 15.5. The zero-order valence-electron chi connectivity index (χ0n) is 12.3. The van der Waals surface area contributed by atoms with Gasteiger partial charge in [-0.3, -0.25) is 0 Å². The summed E-state index contributed by atoms with van der Waals surface area (Å²) in [5.74, 6) is 4.56. The summed E-state index contributed by atoms with van der Waals surface area (Å²) in [5, 5.41) is 0. The van der Waals surface area contributed by atoms with Gasteiger partial charge in [-0.25, -0.2) is 4.99 Å². The minimum absolute atomic E-state index is 0. The zero-order chi connectivity index (χ0) is 14.5. The van der Waals surface area contributed by atoms with Crippen LogP contribution in [0.3, 0.4) is 0 Å². The fourth-order valence-electron chi connectivity index (χ4n) is 2.27. The van der Waals surface area contributed by atoms with Gasteiger partial charge in [0.2, 0.25) is 0 Å². The highest BCUT2D eigenvalue weighted by molar-refractivity contribution is 14.0. The summed E-state index contributed by atoms with van der Waals surface area (Å²) in [6.45, 7) is 2.45. The minimum Gasteiger partial charge on any atom is -0.459 e. The van der Waals surface area contributed by atoms with E-state index in [0.717, 1.165) is 41.7 Å². The van der Waals surface area contributed by atoms with Crippen LogP contribution in [-0.2, 0) is 6.54 Å². The van der Waals surface area contributed by atoms with Gasteiger partial charge in [0.05, 0.1) is 0 Å². The number of thioether (sulfide) groups is 1. The number of halogens is 1. The third-order valence-corrected chi connectivity index (χ3v) is 4.39. The van der Waals surface area contributed by atoms with Gasteiger partial charge in [-0.05, 0) is 12.1 Å². The number of nitrogens with two attached hydrogens (primary N) is 1. The van der Waals surface area contributed by atoms with Gasteiger partial charge >= 0.3 is 0 Å². The Morgan fingerprint density at radius 2 is 1.86 bits per heavy atom. The van der Waals surface area contributed by atoms with Crippen molar-refractivity contribution in [3.05, 3.63) is 48.2 Å². The molecule has 0 saturated carbocycles. The van der Waals surface area contributed by atoms with Gasteiger partial charge in [0.15, 0.2) is 5.96 Å². The van der Waals surface area contributed by atoms with Crippen molar-refractivity contribution in [2.45, 2.75) is 6.54 Å². The Kier molecular flexibility index (Phi) is 6.63. The van der Waals surface area contributed by atoms with E-state index >= 15 is 0 Å². The fourth-order valence-corrected chi connectivity index (χ4v) is 3.17. The van der Waals surface area contributed by atoms with Crippen LogP contribution in [0.4, 0.5) is 0 Å². The smallest absolute Gasteiger partial charge is 0.191 e. The number of guanidine groups is 1. The highest BCUT2D eigenvalue weighted by Gasteiger charge is 2.12. The maximum absolute atomic E-state index is 6.04. The summed E-state index contributed by atoms with van der Waals surface area (Å²) >= 11 is 1.96. The van der Waals surface area contributed by atoms with Crippen molar-refractivity contribution < 1.29 is 4.42 Å². The summed E-state index contributed by atoms with van der Waals surface area (Å²) in [5.41, 5.74) is 7.12. The first-order chi connectivity index (χ1) is 10.3. The van der Waals surface area contributed by atoms with Crippen LogP contribution in [0.25, 0.3) is 11.3 Å². The molecule has 0 unspecified atom stereocenters. The van der Waals surface area contributed by atoms with Gasteiger partial charge in [0.25, 0.3) is 0 Å². The molecule has 1 aromatic carbocycles. The molecule has 0 spiro atoms. The van der Waals surface area contributed by atoms with Gasteiger partial charge in [-0.15, -0.1) is 24.0 Å². The molecule has 3 rings (SSSR count). The first-order valence-corrected chi connectivity index (χ1v) is 8.25. The van der Waals surface area contributed by atoms with Crippen LogP contribution in [0, 0.1) is 0 Å². The Bertz CT molecular complexity index is 609. The average Bonchev–Trinajstić information content (AvgIpc) is 3.03. The molecule has 1 aliphatic heterocycles. The quantitative estimate of drug-likeness (QED) is 0.462. The van der Waals surface area contributed by atoms with E-state index in [1.54, 1.807) is 0 Å². The van der Waals surface area contributed by atoms with E-state index in [1.807, 2.05) is 54.2 Å². The second-order valence-electron chi connectivity index (χ2n) is 4.91. The van der Waals surface area contributed by atoms with E-state index in [1.165, 1.54) is 0 Å². The maximum atomic E-state index is 6.04. The predicted octanol–water partition coefficient (Wildman–Crippen LogP) is 3.43. The van der Waals surface area contributed by atoms with Gasteiger partial charge in [-0.1, -0.05) is 30.3 Å². The van der Waals surface area contributed by atoms with E-state index in [9.17, 15) is 0 Å². The molecule has 4 nitrogen and oxygen atoms in total. The molecule has 2 heterocycles. The SMILES string of the molecule is I.NC(=NCc1ccc(-c2ccccc2)o1)N1CCSCC1. The second-order valence-corrected chi connectivity index (χ2v) is 6.13. The van der Waals surface area contributed by atoms with Crippen molar-refractivity contribution in [2.24, 2.45) is 10.7 Å². The van der Waals surface area contributed by atoms with Crippen LogP contribution in [0.1, 0.15) is 5.76 Å². The summed E-state index contributed by atoms with van der Waals surface area (Å²) in [4.78, 5) is 6.58. The monoisotopic (exact) mass is 429 g/mol. The molecule has 1 saturated heterocycles. The fraction of sp³-hybridized carbons (Fsp3) is 0.312. The van der Waals surface area contributed by atoms with E-state index < -0.39 is 0 Å². The zero-order valence-corrected chi connectivity index (χ0v) is 15.4. The van der Waals surface area contributed by atoms with Gasteiger partial charge < -0.3 is 15.1 Å². The maximum Gasteiger partial charge on any atom is 0.191 e. The van der Waals surface area contributed by atoms with Crippen molar-refractivity contribution in [3.63, 3.8) is 0 Å². The molecule has 0 bridgehead atoms. The summed E-state index contributed by atoms with van der Waals surface area (Å²) in [7, 11) is 0. The van der Waals surface area contributed by atoms with Crippen molar-refractivity contribution in [3.8, 4) is 11.3 Å². The van der Waals surface area contributed by atoms with Crippen molar-refractivity contribution in [1.29, 1.82) is 0 Å². The van der Waals surface area contributed by atoms with Crippen LogP contribution in [0.5, 0.6) is 0 Å². The van der Waals surface area contributed by atoms with Crippen molar-refractivity contribution >= 4 is 41.7 Å². The first kappa shape index (κ1) is 17.2. The standard InChI is InChI=1S/C16H19N3OS.HI/c17-16(19-8-10-21-11-9-19)18-12-14-6-7-15(20-14)13-4-2-1-3-5-13;/h1-7H,8-12H2,(H2,17,18);1H. The number of nitrogens with zero attached hydrogens (tertiary/aromatic N) is 2. The molecule has 6 heteroatoms. The lowest BCUT2D eigenvalue weighted by atomic mass is 10.2. The molecule has 0 amide bonds. The van der Waals surface area contributed by atoms with Crippen molar-refractivity contribution in [1.82, 2.24) is 4.90 Å². The molecule has 1 aromatic heterocycles.